The van der Waals surface area contributed by atoms with E-state index < -0.39 is 17.9 Å². The number of H-pyrrole nitrogens is 1. The predicted molar refractivity (Wildman–Crippen MR) is 135 cm³/mol. The number of fused-ring (bicyclic) bond motifs is 1. The minimum Gasteiger partial charge on any atom is -0.376 e. The van der Waals surface area contributed by atoms with Gasteiger partial charge in [0, 0.05) is 25.9 Å². The van der Waals surface area contributed by atoms with Crippen LogP contribution >= 0.6 is 0 Å². The zero-order chi connectivity index (χ0) is 27.1. The highest BCUT2D eigenvalue weighted by molar-refractivity contribution is 5.93. The number of hydrogen-bond acceptors (Lipinski definition) is 7. The third-order valence-electron chi connectivity index (χ3n) is 7.98. The zero-order valence-corrected chi connectivity index (χ0v) is 21.7. The lowest BCUT2D eigenvalue weighted by atomic mass is 9.79. The number of halogens is 2. The molecular formula is C27H32F2N6O4. The number of benzene rings is 1. The maximum atomic E-state index is 13.2. The van der Waals surface area contributed by atoms with Gasteiger partial charge in [-0.2, -0.15) is 0 Å². The molecule has 208 valence electrons. The average Bonchev–Trinajstić information content (AvgIpc) is 3.50. The Morgan fingerprint density at radius 3 is 2.62 bits per heavy atom. The topological polar surface area (TPSA) is 135 Å². The third kappa shape index (κ3) is 5.66. The molecule has 2 aliphatic carbocycles. The van der Waals surface area contributed by atoms with Crippen LogP contribution in [0.2, 0.25) is 0 Å². The monoisotopic (exact) mass is 542 g/mol. The van der Waals surface area contributed by atoms with Crippen molar-refractivity contribution in [2.45, 2.75) is 82.4 Å². The summed E-state index contributed by atoms with van der Waals surface area (Å²) in [5.41, 5.74) is 2.94. The highest BCUT2D eigenvalue weighted by Gasteiger charge is 2.46. The second kappa shape index (κ2) is 10.3. The number of alkyl halides is 2. The number of carbonyl (C=O) groups excluding carboxylic acids is 2. The molecule has 3 heterocycles. The number of hydrogen-bond donors (Lipinski definition) is 3. The number of nitrogens with zero attached hydrogens (tertiary/aromatic N) is 3. The van der Waals surface area contributed by atoms with E-state index in [1.165, 1.54) is 0 Å². The van der Waals surface area contributed by atoms with Gasteiger partial charge in [-0.25, -0.2) is 18.4 Å². The van der Waals surface area contributed by atoms with Crippen molar-refractivity contribution in [1.82, 2.24) is 30.9 Å². The van der Waals surface area contributed by atoms with E-state index in [1.807, 2.05) is 18.2 Å². The molecule has 0 spiro atoms. The van der Waals surface area contributed by atoms with Gasteiger partial charge in [0.25, 0.3) is 5.91 Å². The number of aromatic nitrogens is 4. The Morgan fingerprint density at radius 2 is 1.95 bits per heavy atom. The van der Waals surface area contributed by atoms with Crippen LogP contribution in [-0.4, -0.2) is 50.7 Å². The first-order chi connectivity index (χ1) is 18.8. The van der Waals surface area contributed by atoms with Crippen molar-refractivity contribution < 1.29 is 27.7 Å². The summed E-state index contributed by atoms with van der Waals surface area (Å²) in [7, 11) is 0. The van der Waals surface area contributed by atoms with Crippen molar-refractivity contribution in [2.75, 3.05) is 6.61 Å². The second-order valence-corrected chi connectivity index (χ2v) is 11.2. The molecule has 1 aliphatic heterocycles. The van der Waals surface area contributed by atoms with Crippen molar-refractivity contribution in [2.24, 2.45) is 11.8 Å². The molecule has 39 heavy (non-hydrogen) atoms. The van der Waals surface area contributed by atoms with Crippen LogP contribution in [0.5, 0.6) is 0 Å². The lowest BCUT2D eigenvalue weighted by Crippen LogP contribution is -2.40. The van der Waals surface area contributed by atoms with Crippen LogP contribution in [-0.2, 0) is 9.53 Å². The molecule has 3 fully saturated rings. The first-order valence-electron chi connectivity index (χ1n) is 13.6. The fourth-order valence-electron chi connectivity index (χ4n) is 5.73. The van der Waals surface area contributed by atoms with Gasteiger partial charge in [0.2, 0.25) is 11.8 Å². The Morgan fingerprint density at radius 1 is 1.13 bits per heavy atom. The molecule has 2 amide bonds. The molecule has 2 aromatic heterocycles. The quantitative estimate of drug-likeness (QED) is 0.367. The molecule has 1 saturated heterocycles. The van der Waals surface area contributed by atoms with Crippen LogP contribution in [0.15, 0.2) is 22.8 Å². The lowest BCUT2D eigenvalue weighted by molar-refractivity contribution is -0.134. The van der Waals surface area contributed by atoms with Crippen molar-refractivity contribution in [1.29, 1.82) is 0 Å². The fourth-order valence-corrected chi connectivity index (χ4v) is 5.73. The molecule has 2 saturated carbocycles. The molecule has 3 aromatic rings. The first-order valence-corrected chi connectivity index (χ1v) is 13.6. The standard InChI is InChI=1S/C27H32F2N6O4/c1-14-22(35-39-34-14)26(37)33-24(20-4-2-3-9-38-20)25-30-18-8-7-17(11-19(18)31-25)23(16-5-6-16)32-21(36)10-15-12-27(28,29)13-15/h7-8,11,15-16,20,23-24H,2-6,9-10,12-13H2,1H3,(H,30,31)(H,32,36)(H,33,37)/t20?,23-,24-/m1/s1. The molecule has 6 rings (SSSR count). The highest BCUT2D eigenvalue weighted by atomic mass is 19.3. The number of aryl methyl sites for hydroxylation is 1. The van der Waals surface area contributed by atoms with Crippen molar-refractivity contribution >= 4 is 22.8 Å². The summed E-state index contributed by atoms with van der Waals surface area (Å²) >= 11 is 0. The summed E-state index contributed by atoms with van der Waals surface area (Å²) in [6.07, 6.45) is 4.14. The van der Waals surface area contributed by atoms with Crippen LogP contribution in [0.4, 0.5) is 8.78 Å². The normalized spacial score (nSPS) is 22.7. The lowest BCUT2D eigenvalue weighted by Gasteiger charge is -2.34. The highest BCUT2D eigenvalue weighted by Crippen LogP contribution is 2.45. The molecule has 10 nitrogen and oxygen atoms in total. The van der Waals surface area contributed by atoms with Gasteiger partial charge in [0.1, 0.15) is 17.6 Å². The molecule has 12 heteroatoms. The maximum absolute atomic E-state index is 13.2. The Bertz CT molecular complexity index is 1360. The minimum atomic E-state index is -2.63. The van der Waals surface area contributed by atoms with Gasteiger partial charge in [0.05, 0.1) is 23.2 Å². The Labute approximate surface area is 223 Å². The SMILES string of the molecule is Cc1nonc1C(=O)N[C@@H](c1nc2ccc([C@H](NC(=O)CC3CC(F)(F)C3)C3CC3)cc2[nH]1)C1CCCCO1. The number of ether oxygens (including phenoxy) is 1. The van der Waals surface area contributed by atoms with Gasteiger partial charge in [-0.15, -0.1) is 0 Å². The molecular weight excluding hydrogens is 510 g/mol. The third-order valence-corrected chi connectivity index (χ3v) is 7.98. The van der Waals surface area contributed by atoms with E-state index in [0.29, 0.717) is 24.0 Å². The second-order valence-electron chi connectivity index (χ2n) is 11.2. The van der Waals surface area contributed by atoms with Crippen molar-refractivity contribution in [3.63, 3.8) is 0 Å². The first kappa shape index (κ1) is 25.8. The van der Waals surface area contributed by atoms with E-state index in [1.54, 1.807) is 6.92 Å². The van der Waals surface area contributed by atoms with E-state index in [-0.39, 0.29) is 48.9 Å². The van der Waals surface area contributed by atoms with Gasteiger partial charge >= 0.3 is 0 Å². The molecule has 0 bridgehead atoms. The van der Waals surface area contributed by atoms with E-state index in [2.05, 4.69) is 25.9 Å². The van der Waals surface area contributed by atoms with Crippen LogP contribution in [0, 0.1) is 18.8 Å². The smallest absolute Gasteiger partial charge is 0.276 e. The molecule has 1 unspecified atom stereocenters. The average molecular weight is 543 g/mol. The Hall–Kier alpha value is -3.41. The van der Waals surface area contributed by atoms with Crippen LogP contribution in [0.3, 0.4) is 0 Å². The zero-order valence-electron chi connectivity index (χ0n) is 21.7. The largest absolute Gasteiger partial charge is 0.376 e. The molecule has 3 atom stereocenters. The summed E-state index contributed by atoms with van der Waals surface area (Å²) in [5.74, 6) is -2.62. The minimum absolute atomic E-state index is 0.114. The van der Waals surface area contributed by atoms with Crippen molar-refractivity contribution in [3.8, 4) is 0 Å². The summed E-state index contributed by atoms with van der Waals surface area (Å²) in [6.45, 7) is 2.25. The fraction of sp³-hybridized carbons (Fsp3) is 0.593. The maximum Gasteiger partial charge on any atom is 0.276 e. The Balaban J connectivity index is 1.22. The molecule has 0 radical (unpaired) electrons. The number of carbonyl (C=O) groups is 2. The summed E-state index contributed by atoms with van der Waals surface area (Å²) in [6, 6.07) is 5.09. The Kier molecular flexibility index (Phi) is 6.82. The summed E-state index contributed by atoms with van der Waals surface area (Å²) in [4.78, 5) is 33.8. The van der Waals surface area contributed by atoms with Crippen LogP contribution in [0.25, 0.3) is 11.0 Å². The van der Waals surface area contributed by atoms with Gasteiger partial charge in [-0.05, 0) is 73.7 Å². The van der Waals surface area contributed by atoms with Gasteiger partial charge in [-0.3, -0.25) is 9.59 Å². The van der Waals surface area contributed by atoms with Crippen LogP contribution < -0.4 is 10.6 Å². The molecule has 3 aliphatic rings. The van der Waals surface area contributed by atoms with Crippen LogP contribution in [0.1, 0.15) is 91.0 Å². The number of imidazole rings is 1. The molecule has 1 aromatic carbocycles. The predicted octanol–water partition coefficient (Wildman–Crippen LogP) is 4.30. The van der Waals surface area contributed by atoms with E-state index in [9.17, 15) is 18.4 Å². The summed E-state index contributed by atoms with van der Waals surface area (Å²) in [5, 5.41) is 13.5. The van der Waals surface area contributed by atoms with E-state index >= 15 is 0 Å². The van der Waals surface area contributed by atoms with Gasteiger partial charge < -0.3 is 20.4 Å². The molecule has 3 N–H and O–H groups in total. The van der Waals surface area contributed by atoms with E-state index in [0.717, 1.165) is 48.7 Å². The number of nitrogens with one attached hydrogen (secondary N) is 3. The number of aromatic amines is 1. The number of rotatable bonds is 9. The van der Waals surface area contributed by atoms with Gasteiger partial charge in [-0.1, -0.05) is 11.2 Å². The van der Waals surface area contributed by atoms with Crippen molar-refractivity contribution in [3.05, 3.63) is 41.0 Å². The number of amides is 2. The summed E-state index contributed by atoms with van der Waals surface area (Å²) < 4.78 is 37.1. The van der Waals surface area contributed by atoms with Gasteiger partial charge in [0.15, 0.2) is 5.69 Å². The van der Waals surface area contributed by atoms with E-state index in [4.69, 9.17) is 14.3 Å².